The van der Waals surface area contributed by atoms with E-state index in [4.69, 9.17) is 0 Å². The van der Waals surface area contributed by atoms with Gasteiger partial charge in [-0.25, -0.2) is 8.42 Å². The number of nitrogens with zero attached hydrogens (tertiary/aromatic N) is 1. The normalized spacial score (nSPS) is 12.2. The number of carbonyl (C=O) groups is 1. The van der Waals surface area contributed by atoms with Crippen LogP contribution in [0.5, 0.6) is 0 Å². The average Bonchev–Trinajstić information content (AvgIpc) is 2.14. The standard InChI is InChI=1S/C9H8F3NO3S/c1-17(15,16)13(9(10,11)12)8(14)7-5-3-2-4-6-7/h2-6H,1H3. The molecule has 0 radical (unpaired) electrons. The van der Waals surface area contributed by atoms with Gasteiger partial charge in [-0.1, -0.05) is 18.2 Å². The van der Waals surface area contributed by atoms with E-state index in [1.807, 2.05) is 0 Å². The van der Waals surface area contributed by atoms with E-state index in [2.05, 4.69) is 0 Å². The number of alkyl halides is 3. The van der Waals surface area contributed by atoms with E-state index in [9.17, 15) is 26.4 Å². The van der Waals surface area contributed by atoms with Crippen LogP contribution in [0, 0.1) is 0 Å². The third kappa shape index (κ3) is 3.19. The molecule has 0 saturated heterocycles. The summed E-state index contributed by atoms with van der Waals surface area (Å²) >= 11 is 0. The Balaban J connectivity index is 3.24. The predicted molar refractivity (Wildman–Crippen MR) is 53.5 cm³/mol. The summed E-state index contributed by atoms with van der Waals surface area (Å²) in [5.74, 6) is -1.62. The van der Waals surface area contributed by atoms with Crippen molar-refractivity contribution < 1.29 is 26.4 Å². The molecular formula is C9H8F3NO3S. The molecule has 0 atom stereocenters. The summed E-state index contributed by atoms with van der Waals surface area (Å²) in [6, 6.07) is 6.38. The highest BCUT2D eigenvalue weighted by atomic mass is 32.2. The SMILES string of the molecule is CS(=O)(=O)N(C(=O)c1ccccc1)C(F)(F)F. The molecule has 0 spiro atoms. The van der Waals surface area contributed by atoms with E-state index in [1.54, 1.807) is 0 Å². The molecule has 0 aliphatic heterocycles. The Morgan fingerprint density at radius 3 is 2.00 bits per heavy atom. The van der Waals surface area contributed by atoms with Crippen LogP contribution in [0.2, 0.25) is 0 Å². The molecule has 0 aliphatic carbocycles. The summed E-state index contributed by atoms with van der Waals surface area (Å²) in [7, 11) is -4.71. The first kappa shape index (κ1) is 13.5. The van der Waals surface area contributed by atoms with Crippen LogP contribution in [0.15, 0.2) is 30.3 Å². The van der Waals surface area contributed by atoms with Crippen LogP contribution in [0.25, 0.3) is 0 Å². The molecule has 4 nitrogen and oxygen atoms in total. The maximum Gasteiger partial charge on any atom is 0.501 e. The minimum atomic E-state index is -5.28. The van der Waals surface area contributed by atoms with E-state index in [-0.39, 0.29) is 5.56 Å². The van der Waals surface area contributed by atoms with Crippen molar-refractivity contribution in [3.05, 3.63) is 35.9 Å². The first-order valence-electron chi connectivity index (χ1n) is 4.30. The predicted octanol–water partition coefficient (Wildman–Crippen LogP) is 1.61. The van der Waals surface area contributed by atoms with Crippen LogP contribution in [0.4, 0.5) is 13.2 Å². The maximum absolute atomic E-state index is 12.5. The molecule has 0 N–H and O–H groups in total. The summed E-state index contributed by atoms with van der Waals surface area (Å²) in [5, 5.41) is 0. The van der Waals surface area contributed by atoms with Gasteiger partial charge in [-0.15, -0.1) is 17.5 Å². The quantitative estimate of drug-likeness (QED) is 0.765. The van der Waals surface area contributed by atoms with Crippen molar-refractivity contribution in [2.24, 2.45) is 0 Å². The fraction of sp³-hybridized carbons (Fsp3) is 0.222. The molecule has 0 saturated carbocycles. The zero-order chi connectivity index (χ0) is 13.3. The van der Waals surface area contributed by atoms with Crippen molar-refractivity contribution in [3.8, 4) is 0 Å². The number of hydrogen-bond donors (Lipinski definition) is 0. The van der Waals surface area contributed by atoms with Crippen LogP contribution in [0.1, 0.15) is 10.4 Å². The molecule has 1 aromatic rings. The second kappa shape index (κ2) is 4.36. The van der Waals surface area contributed by atoms with Gasteiger partial charge >= 0.3 is 6.30 Å². The molecule has 0 aliphatic rings. The number of hydrogen-bond acceptors (Lipinski definition) is 3. The number of halogens is 3. The highest BCUT2D eigenvalue weighted by molar-refractivity contribution is 7.88. The third-order valence-electron chi connectivity index (χ3n) is 1.77. The summed E-state index contributed by atoms with van der Waals surface area (Å²) in [6.07, 6.45) is -4.96. The number of benzene rings is 1. The van der Waals surface area contributed by atoms with Crippen molar-refractivity contribution >= 4 is 15.9 Å². The Bertz CT molecular complexity index is 510. The lowest BCUT2D eigenvalue weighted by Crippen LogP contribution is -2.46. The Kier molecular flexibility index (Phi) is 3.46. The van der Waals surface area contributed by atoms with Crippen LogP contribution in [0.3, 0.4) is 0 Å². The lowest BCUT2D eigenvalue weighted by Gasteiger charge is -2.22. The second-order valence-corrected chi connectivity index (χ2v) is 5.00. The number of amides is 1. The van der Waals surface area contributed by atoms with Crippen molar-refractivity contribution in [3.63, 3.8) is 0 Å². The lowest BCUT2D eigenvalue weighted by molar-refractivity contribution is -0.193. The van der Waals surface area contributed by atoms with E-state index < -0.39 is 26.5 Å². The zero-order valence-electron chi connectivity index (χ0n) is 8.60. The minimum absolute atomic E-state index is 0.321. The van der Waals surface area contributed by atoms with Gasteiger partial charge in [-0.3, -0.25) is 4.79 Å². The van der Waals surface area contributed by atoms with E-state index in [0.717, 1.165) is 12.1 Å². The molecule has 0 fully saturated rings. The van der Waals surface area contributed by atoms with Gasteiger partial charge in [0, 0.05) is 5.56 Å². The van der Waals surface area contributed by atoms with Gasteiger partial charge in [0.2, 0.25) is 10.0 Å². The maximum atomic E-state index is 12.5. The van der Waals surface area contributed by atoms with Gasteiger partial charge in [0.05, 0.1) is 6.26 Å². The van der Waals surface area contributed by atoms with Gasteiger partial charge in [0.25, 0.3) is 5.91 Å². The van der Waals surface area contributed by atoms with E-state index in [1.165, 1.54) is 18.2 Å². The lowest BCUT2D eigenvalue weighted by atomic mass is 10.2. The van der Waals surface area contributed by atoms with Gasteiger partial charge in [-0.05, 0) is 12.1 Å². The van der Waals surface area contributed by atoms with Crippen LogP contribution in [-0.2, 0) is 10.0 Å². The molecule has 1 aromatic carbocycles. The summed E-state index contributed by atoms with van der Waals surface area (Å²) in [5.41, 5.74) is -0.352. The van der Waals surface area contributed by atoms with Gasteiger partial charge in [0.1, 0.15) is 0 Å². The Labute approximate surface area is 95.7 Å². The molecule has 0 bridgehead atoms. The van der Waals surface area contributed by atoms with E-state index >= 15 is 0 Å². The third-order valence-corrected chi connectivity index (χ3v) is 2.80. The largest absolute Gasteiger partial charge is 0.501 e. The minimum Gasteiger partial charge on any atom is -0.268 e. The number of rotatable bonds is 2. The van der Waals surface area contributed by atoms with Crippen molar-refractivity contribution in [1.82, 2.24) is 4.31 Å². The fourth-order valence-corrected chi connectivity index (χ4v) is 1.93. The second-order valence-electron chi connectivity index (χ2n) is 3.17. The number of carbonyl (C=O) groups excluding carboxylic acids is 1. The van der Waals surface area contributed by atoms with Crippen LogP contribution in [-0.4, -0.2) is 31.2 Å². The Morgan fingerprint density at radius 2 is 1.65 bits per heavy atom. The fourth-order valence-electron chi connectivity index (χ4n) is 1.15. The monoisotopic (exact) mass is 267 g/mol. The highest BCUT2D eigenvalue weighted by Crippen LogP contribution is 2.26. The van der Waals surface area contributed by atoms with Crippen molar-refractivity contribution in [2.45, 2.75) is 6.30 Å². The van der Waals surface area contributed by atoms with Crippen LogP contribution < -0.4 is 0 Å². The summed E-state index contributed by atoms with van der Waals surface area (Å²) in [4.78, 5) is 11.5. The van der Waals surface area contributed by atoms with Crippen molar-refractivity contribution in [2.75, 3.05) is 6.26 Å². The molecule has 1 amide bonds. The molecule has 0 aromatic heterocycles. The smallest absolute Gasteiger partial charge is 0.268 e. The van der Waals surface area contributed by atoms with Gasteiger partial charge in [0.15, 0.2) is 0 Å². The highest BCUT2D eigenvalue weighted by Gasteiger charge is 2.47. The first-order valence-corrected chi connectivity index (χ1v) is 6.15. The first-order chi connectivity index (χ1) is 7.64. The van der Waals surface area contributed by atoms with E-state index in [0.29, 0.717) is 6.26 Å². The van der Waals surface area contributed by atoms with Crippen molar-refractivity contribution in [1.29, 1.82) is 0 Å². The molecule has 0 unspecified atom stereocenters. The summed E-state index contributed by atoms with van der Waals surface area (Å²) in [6.45, 7) is 0. The molecule has 1 rings (SSSR count). The molecule has 0 heterocycles. The molecule has 8 heteroatoms. The zero-order valence-corrected chi connectivity index (χ0v) is 9.42. The average molecular weight is 267 g/mol. The summed E-state index contributed by atoms with van der Waals surface area (Å²) < 4.78 is 58.3. The Hall–Kier alpha value is -1.57. The molecule has 94 valence electrons. The van der Waals surface area contributed by atoms with Crippen LogP contribution >= 0.6 is 0 Å². The molecule has 17 heavy (non-hydrogen) atoms. The topological polar surface area (TPSA) is 54.5 Å². The number of sulfonamides is 1. The Morgan fingerprint density at radius 1 is 1.18 bits per heavy atom. The molecular weight excluding hydrogens is 259 g/mol. The van der Waals surface area contributed by atoms with Gasteiger partial charge in [-0.2, -0.15) is 0 Å². The van der Waals surface area contributed by atoms with Gasteiger partial charge < -0.3 is 0 Å².